The summed E-state index contributed by atoms with van der Waals surface area (Å²) in [7, 11) is 0. The number of carbonyl (C=O) groups excluding carboxylic acids is 1. The lowest BCUT2D eigenvalue weighted by atomic mass is 10.1. The molecular weight excluding hydrogens is 316 g/mol. The van der Waals surface area contributed by atoms with Crippen molar-refractivity contribution in [3.8, 4) is 11.8 Å². The third-order valence-corrected chi connectivity index (χ3v) is 3.40. The minimum absolute atomic E-state index is 0.709. The van der Waals surface area contributed by atoms with Crippen LogP contribution in [-0.2, 0) is 4.79 Å². The Bertz CT molecular complexity index is 716. The van der Waals surface area contributed by atoms with E-state index in [1.54, 1.807) is 13.0 Å². The van der Waals surface area contributed by atoms with E-state index in [0.29, 0.717) is 5.57 Å². The average molecular weight is 349 g/mol. The summed E-state index contributed by atoms with van der Waals surface area (Å²) in [5.74, 6) is 6.27. The predicted octanol–water partition coefficient (Wildman–Crippen LogP) is 6.83. The van der Waals surface area contributed by atoms with Gasteiger partial charge in [0.1, 0.15) is 6.29 Å². The largest absolute Gasteiger partial charge is 0.298 e. The first-order valence-corrected chi connectivity index (χ1v) is 8.97. The van der Waals surface area contributed by atoms with Crippen LogP contribution >= 0.6 is 0 Å². The van der Waals surface area contributed by atoms with Crippen molar-refractivity contribution in [2.24, 2.45) is 0 Å². The van der Waals surface area contributed by atoms with Crippen LogP contribution in [0.4, 0.5) is 0 Å². The van der Waals surface area contributed by atoms with Gasteiger partial charge >= 0.3 is 0 Å². The molecule has 1 heteroatoms. The van der Waals surface area contributed by atoms with Crippen molar-refractivity contribution in [2.75, 3.05) is 0 Å². The Balaban J connectivity index is 4.58. The van der Waals surface area contributed by atoms with E-state index >= 15 is 0 Å². The third-order valence-electron chi connectivity index (χ3n) is 3.40. The molecule has 26 heavy (non-hydrogen) atoms. The molecule has 138 valence electrons. The average Bonchev–Trinajstić information content (AvgIpc) is 2.58. The molecule has 0 aliphatic heterocycles. The van der Waals surface area contributed by atoms with Crippen molar-refractivity contribution >= 4 is 6.29 Å². The van der Waals surface area contributed by atoms with Crippen LogP contribution in [0.15, 0.2) is 82.5 Å². The molecule has 0 heterocycles. The minimum atomic E-state index is 0.709. The smallest absolute Gasteiger partial charge is 0.145 e. The molecule has 0 spiro atoms. The number of carbonyl (C=O) groups is 1. The first-order chi connectivity index (χ1) is 12.3. The van der Waals surface area contributed by atoms with Crippen molar-refractivity contribution in [1.82, 2.24) is 0 Å². The molecular formula is C25H32O. The Morgan fingerprint density at radius 3 is 2.12 bits per heavy atom. The zero-order valence-corrected chi connectivity index (χ0v) is 17.1. The summed E-state index contributed by atoms with van der Waals surface area (Å²) in [6.45, 7) is 12.2. The van der Waals surface area contributed by atoms with Gasteiger partial charge in [0.25, 0.3) is 0 Å². The Kier molecular flexibility index (Phi) is 13.3. The second kappa shape index (κ2) is 14.7. The molecule has 0 aromatic carbocycles. The van der Waals surface area contributed by atoms with E-state index in [2.05, 4.69) is 38.7 Å². The molecule has 0 fully saturated rings. The van der Waals surface area contributed by atoms with E-state index in [-0.39, 0.29) is 0 Å². The van der Waals surface area contributed by atoms with Gasteiger partial charge in [-0.2, -0.15) is 0 Å². The summed E-state index contributed by atoms with van der Waals surface area (Å²) in [5.41, 5.74) is 5.54. The van der Waals surface area contributed by atoms with Gasteiger partial charge in [0.05, 0.1) is 0 Å². The third kappa shape index (κ3) is 15.0. The molecule has 0 N–H and O–H groups in total. The number of aldehydes is 1. The van der Waals surface area contributed by atoms with Crippen molar-refractivity contribution in [3.63, 3.8) is 0 Å². The molecule has 0 saturated carbocycles. The normalized spacial score (nSPS) is 13.8. The highest BCUT2D eigenvalue weighted by molar-refractivity contribution is 5.72. The fourth-order valence-electron chi connectivity index (χ4n) is 1.83. The SMILES string of the molecule is CC(C)=CCC/C(C)=C/C#C\C(C)=C/C=C/C(C)=C/C=C/C=C(\C)C=O. The van der Waals surface area contributed by atoms with Crippen LogP contribution in [0.25, 0.3) is 0 Å². The first kappa shape index (κ1) is 23.4. The van der Waals surface area contributed by atoms with Crippen molar-refractivity contribution < 1.29 is 4.79 Å². The Morgan fingerprint density at radius 1 is 0.846 bits per heavy atom. The van der Waals surface area contributed by atoms with E-state index < -0.39 is 0 Å². The minimum Gasteiger partial charge on any atom is -0.298 e. The summed E-state index contributed by atoms with van der Waals surface area (Å²) < 4.78 is 0. The van der Waals surface area contributed by atoms with Gasteiger partial charge in [-0.25, -0.2) is 0 Å². The molecule has 0 saturated heterocycles. The van der Waals surface area contributed by atoms with Gasteiger partial charge in [-0.3, -0.25) is 4.79 Å². The van der Waals surface area contributed by atoms with E-state index in [9.17, 15) is 4.79 Å². The number of hydrogen-bond acceptors (Lipinski definition) is 1. The maximum atomic E-state index is 10.5. The fourth-order valence-corrected chi connectivity index (χ4v) is 1.83. The molecule has 0 unspecified atom stereocenters. The predicted molar refractivity (Wildman–Crippen MR) is 116 cm³/mol. The van der Waals surface area contributed by atoms with Gasteiger partial charge in [0.2, 0.25) is 0 Å². The fraction of sp³-hybridized carbons (Fsp3) is 0.320. The molecule has 0 aromatic rings. The van der Waals surface area contributed by atoms with Crippen LogP contribution in [0.5, 0.6) is 0 Å². The van der Waals surface area contributed by atoms with Crippen molar-refractivity contribution in [2.45, 2.75) is 54.4 Å². The van der Waals surface area contributed by atoms with Crippen LogP contribution in [0.1, 0.15) is 54.4 Å². The van der Waals surface area contributed by atoms with Crippen LogP contribution in [0.3, 0.4) is 0 Å². The monoisotopic (exact) mass is 348 g/mol. The second-order valence-electron chi connectivity index (χ2n) is 6.61. The zero-order chi connectivity index (χ0) is 19.8. The number of allylic oxidation sites excluding steroid dienone is 14. The van der Waals surface area contributed by atoms with Gasteiger partial charge in [-0.15, -0.1) is 0 Å². The van der Waals surface area contributed by atoms with Crippen LogP contribution in [0, 0.1) is 11.8 Å². The lowest BCUT2D eigenvalue weighted by Crippen LogP contribution is -1.76. The highest BCUT2D eigenvalue weighted by Gasteiger charge is 1.87. The maximum absolute atomic E-state index is 10.5. The summed E-state index contributed by atoms with van der Waals surface area (Å²) >= 11 is 0. The lowest BCUT2D eigenvalue weighted by molar-refractivity contribution is -0.104. The molecule has 0 aromatic heterocycles. The van der Waals surface area contributed by atoms with Gasteiger partial charge in [-0.1, -0.05) is 77.2 Å². The molecule has 0 bridgehead atoms. The van der Waals surface area contributed by atoms with Crippen LogP contribution < -0.4 is 0 Å². The zero-order valence-electron chi connectivity index (χ0n) is 17.1. The molecule has 0 radical (unpaired) electrons. The Hall–Kier alpha value is -2.59. The quantitative estimate of drug-likeness (QED) is 0.154. The van der Waals surface area contributed by atoms with Gasteiger partial charge in [0.15, 0.2) is 0 Å². The summed E-state index contributed by atoms with van der Waals surface area (Å²) in [6.07, 6.45) is 20.9. The molecule has 0 atom stereocenters. The maximum Gasteiger partial charge on any atom is 0.145 e. The topological polar surface area (TPSA) is 17.1 Å². The summed E-state index contributed by atoms with van der Waals surface area (Å²) in [5, 5.41) is 0. The molecule has 0 aliphatic rings. The van der Waals surface area contributed by atoms with Gasteiger partial charge < -0.3 is 0 Å². The summed E-state index contributed by atoms with van der Waals surface area (Å²) in [4.78, 5) is 10.5. The molecule has 0 rings (SSSR count). The Labute approximate surface area is 160 Å². The summed E-state index contributed by atoms with van der Waals surface area (Å²) in [6, 6.07) is 0. The van der Waals surface area contributed by atoms with Gasteiger partial charge in [-0.05, 0) is 71.6 Å². The van der Waals surface area contributed by atoms with E-state index in [1.165, 1.54) is 11.1 Å². The lowest BCUT2D eigenvalue weighted by Gasteiger charge is -1.95. The Morgan fingerprint density at radius 2 is 1.50 bits per heavy atom. The standard InChI is InChI=1S/C25H32O/c1-21(2)12-9-15-23(4)17-11-19-24(5)18-10-16-22(3)13-7-8-14-25(6)20-26/h7-8,10,12-14,16-18,20H,9,15H2,1-6H3/b8-7+,16-10+,22-13+,23-17+,24-18-,25-14+. The molecule has 0 aliphatic carbocycles. The van der Waals surface area contributed by atoms with E-state index in [4.69, 9.17) is 0 Å². The van der Waals surface area contributed by atoms with Crippen LogP contribution in [0.2, 0.25) is 0 Å². The van der Waals surface area contributed by atoms with Crippen molar-refractivity contribution in [1.29, 1.82) is 0 Å². The molecule has 1 nitrogen and oxygen atoms in total. The first-order valence-electron chi connectivity index (χ1n) is 8.97. The van der Waals surface area contributed by atoms with Crippen LogP contribution in [-0.4, -0.2) is 6.29 Å². The highest BCUT2D eigenvalue weighted by atomic mass is 16.1. The number of rotatable bonds is 8. The van der Waals surface area contributed by atoms with E-state index in [0.717, 1.165) is 30.3 Å². The van der Waals surface area contributed by atoms with Gasteiger partial charge in [0, 0.05) is 0 Å². The second-order valence-corrected chi connectivity index (χ2v) is 6.61. The number of hydrogen-bond donors (Lipinski definition) is 0. The van der Waals surface area contributed by atoms with E-state index in [1.807, 2.05) is 56.4 Å². The van der Waals surface area contributed by atoms with Crippen molar-refractivity contribution in [3.05, 3.63) is 82.5 Å². The molecule has 0 amide bonds. The highest BCUT2D eigenvalue weighted by Crippen LogP contribution is 2.06.